The summed E-state index contributed by atoms with van der Waals surface area (Å²) in [7, 11) is -4.95. The lowest BCUT2D eigenvalue weighted by atomic mass is 10.2. The number of hydrogen-bond acceptors (Lipinski definition) is 10. The molecule has 5 rings (SSSR count). The van der Waals surface area contributed by atoms with Gasteiger partial charge in [-0.2, -0.15) is 0 Å². The van der Waals surface area contributed by atoms with Crippen molar-refractivity contribution < 1.29 is 48.6 Å². The molecule has 0 amide bonds. The number of aromatic hydroxyl groups is 4. The first-order valence-electron chi connectivity index (χ1n) is 16.5. The van der Waals surface area contributed by atoms with Crippen molar-refractivity contribution in [3.05, 3.63) is 118 Å². The van der Waals surface area contributed by atoms with Gasteiger partial charge in [0.05, 0.1) is 44.4 Å². The highest BCUT2D eigenvalue weighted by Gasteiger charge is 2.26. The Hall–Kier alpha value is -3.98. The average Bonchev–Trinajstić information content (AvgIpc) is 3.16. The molecule has 5 aromatic carbocycles. The number of phenols is 4. The first kappa shape index (κ1) is 49.7. The van der Waals surface area contributed by atoms with Crippen LogP contribution in [0.4, 0.5) is 28.4 Å². The molecule has 0 aliphatic rings. The van der Waals surface area contributed by atoms with E-state index in [9.17, 15) is 39.1 Å². The molecule has 25 heteroatoms. The maximum atomic E-state index is 13.9. The predicted molar refractivity (Wildman–Crippen MR) is 246 cm³/mol. The number of phenolic OH excluding ortho intramolecular Hbond substituents is 4. The third-order valence-corrected chi connectivity index (χ3v) is 13.4. The Morgan fingerprint density at radius 2 is 0.705 bits per heavy atom. The second kappa shape index (κ2) is 20.5. The number of anilines is 5. The maximum Gasteiger partial charge on any atom is 0.352 e. The fourth-order valence-electron chi connectivity index (χ4n) is 4.98. The molecular formula is C36H31Cl8N5O10P2. The van der Waals surface area contributed by atoms with Crippen molar-refractivity contribution in [2.24, 2.45) is 0 Å². The Morgan fingerprint density at radius 3 is 0.984 bits per heavy atom. The Labute approximate surface area is 388 Å². The minimum atomic E-state index is -3.81. The zero-order valence-corrected chi connectivity index (χ0v) is 39.3. The highest BCUT2D eigenvalue weighted by Crippen LogP contribution is 2.50. The summed E-state index contributed by atoms with van der Waals surface area (Å²) in [5.74, 6) is -3.25. The molecule has 0 unspecified atom stereocenters. The van der Waals surface area contributed by atoms with Crippen LogP contribution in [0.15, 0.2) is 60.7 Å². The fraction of sp³-hybridized carbons (Fsp3) is 0.111. The van der Waals surface area contributed by atoms with Crippen LogP contribution in [0.25, 0.3) is 0 Å². The van der Waals surface area contributed by atoms with Crippen molar-refractivity contribution in [1.82, 2.24) is 0 Å². The molecule has 0 aliphatic carbocycles. The van der Waals surface area contributed by atoms with Gasteiger partial charge in [0.2, 0.25) is 0 Å². The number of halogens is 8. The van der Waals surface area contributed by atoms with Gasteiger partial charge in [-0.1, -0.05) is 92.8 Å². The molecule has 5 aromatic rings. The van der Waals surface area contributed by atoms with E-state index in [1.54, 1.807) is 19.1 Å². The molecule has 0 aromatic heterocycles. The number of rotatable bonds is 12. The van der Waals surface area contributed by atoms with E-state index >= 15 is 0 Å². The molecule has 0 aliphatic heterocycles. The zero-order chi connectivity index (χ0) is 45.7. The lowest BCUT2D eigenvalue weighted by molar-refractivity contribution is 0.0588. The first-order chi connectivity index (χ1) is 28.4. The topological polar surface area (TPSA) is 228 Å². The molecule has 0 fully saturated rings. The van der Waals surface area contributed by atoms with E-state index in [0.717, 1.165) is 14.2 Å². The number of carbonyl (C=O) groups excluding carboxylic acids is 2. The quantitative estimate of drug-likeness (QED) is 0.0322. The van der Waals surface area contributed by atoms with E-state index in [1.165, 1.54) is 55.2 Å². The lowest BCUT2D eigenvalue weighted by Gasteiger charge is -2.25. The molecule has 0 bridgehead atoms. The van der Waals surface area contributed by atoms with Crippen LogP contribution in [0.5, 0.6) is 23.0 Å². The van der Waals surface area contributed by atoms with Crippen LogP contribution in [-0.4, -0.2) is 53.2 Å². The maximum absolute atomic E-state index is 13.9. The van der Waals surface area contributed by atoms with Crippen molar-refractivity contribution in [3.63, 3.8) is 0 Å². The summed E-state index contributed by atoms with van der Waals surface area (Å²) >= 11 is 48.2. The number of esters is 2. The highest BCUT2D eigenvalue weighted by atomic mass is 35.5. The molecule has 9 N–H and O–H groups in total. The molecule has 0 heterocycles. The number of hydrogen-bond donors (Lipinski definition) is 9. The molecule has 0 atom stereocenters. The van der Waals surface area contributed by atoms with Gasteiger partial charge in [0.1, 0.15) is 22.6 Å². The Balaban J connectivity index is 0.000000270. The van der Waals surface area contributed by atoms with E-state index < -0.39 is 38.5 Å². The third kappa shape index (κ3) is 12.8. The van der Waals surface area contributed by atoms with Crippen molar-refractivity contribution in [2.75, 3.05) is 46.3 Å². The number of methoxy groups -OCH3 is 2. The van der Waals surface area contributed by atoms with Gasteiger partial charge in [-0.05, 0) is 73.2 Å². The summed E-state index contributed by atoms with van der Waals surface area (Å²) in [4.78, 5) is 23.5. The zero-order valence-electron chi connectivity index (χ0n) is 31.4. The minimum absolute atomic E-state index is 0.0521. The molecule has 0 saturated carbocycles. The number of benzene rings is 5. The van der Waals surface area contributed by atoms with Gasteiger partial charge in [-0.25, -0.2) is 9.59 Å². The SMILES string of the molecule is COC(=O)c1cc(NP(C)(=O)Nc2cc(Cl)c(O)c(C(=O)OC)c2)cc(Cl)c1O.Cc1c(Cl)cc(NP(=O)(Nc2cc(Cl)c(O)c(Cl)c2)Nc2cc(Cl)c(O)c(Cl)c2)cc1Cl. The monoisotopic (exact) mass is 1030 g/mol. The summed E-state index contributed by atoms with van der Waals surface area (Å²) in [6, 6.07) is 13.4. The Bertz CT molecular complexity index is 2350. The number of carbonyl (C=O) groups is 2. The van der Waals surface area contributed by atoms with Crippen LogP contribution in [0.2, 0.25) is 40.2 Å². The van der Waals surface area contributed by atoms with Crippen LogP contribution in [0, 0.1) is 6.92 Å². The third-order valence-electron chi connectivity index (χ3n) is 7.80. The van der Waals surface area contributed by atoms with Gasteiger partial charge in [0, 0.05) is 45.1 Å². The molecule has 326 valence electrons. The summed E-state index contributed by atoms with van der Waals surface area (Å²) in [6.07, 6.45) is 0. The number of ether oxygens (including phenoxy) is 2. The van der Waals surface area contributed by atoms with Crippen LogP contribution in [-0.2, 0) is 18.6 Å². The Kier molecular flexibility index (Phi) is 16.7. The second-order valence-corrected chi connectivity index (χ2v) is 19.9. The molecule has 15 nitrogen and oxygen atoms in total. The fourth-order valence-corrected chi connectivity index (χ4v) is 9.82. The van der Waals surface area contributed by atoms with E-state index in [-0.39, 0.29) is 75.5 Å². The van der Waals surface area contributed by atoms with Gasteiger partial charge in [-0.3, -0.25) is 9.13 Å². The van der Waals surface area contributed by atoms with Crippen molar-refractivity contribution in [1.29, 1.82) is 0 Å². The van der Waals surface area contributed by atoms with Crippen molar-refractivity contribution >= 4 is 148 Å². The molecular weight excluding hydrogens is 1010 g/mol. The standard InChI is InChI=1S/C19H14Cl6N3O3P.C17H17Cl2N2O7P/c1-8-12(20)2-9(3-13(8)21)26-32(31,27-10-4-14(22)18(29)15(23)5-10)28-11-6-16(24)19(30)17(25)7-11;1-27-16(24)10-4-8(6-12(18)14(10)22)20-29(3,26)21-9-5-11(17(25)28-2)15(23)13(19)7-9/h2-7,29-30H,1H3,(H3,26,27,28,31);4-7,22-23H,1-3H3,(H2,20,21,26). The van der Waals surface area contributed by atoms with E-state index in [4.69, 9.17) is 92.8 Å². The Morgan fingerprint density at radius 1 is 0.459 bits per heavy atom. The second-order valence-electron chi connectivity index (χ2n) is 12.4. The summed E-state index contributed by atoms with van der Waals surface area (Å²) in [5, 5.41) is 53.3. The van der Waals surface area contributed by atoms with E-state index in [0.29, 0.717) is 21.3 Å². The highest BCUT2D eigenvalue weighted by molar-refractivity contribution is 7.68. The molecule has 61 heavy (non-hydrogen) atoms. The van der Waals surface area contributed by atoms with Gasteiger partial charge in [0.15, 0.2) is 11.5 Å². The van der Waals surface area contributed by atoms with Crippen LogP contribution < -0.4 is 25.4 Å². The summed E-state index contributed by atoms with van der Waals surface area (Å²) in [5.41, 5.74) is 1.31. The normalized spacial score (nSPS) is 11.1. The number of nitrogens with one attached hydrogen (secondary N) is 5. The van der Waals surface area contributed by atoms with Gasteiger partial charge < -0.3 is 55.3 Å². The van der Waals surface area contributed by atoms with Crippen molar-refractivity contribution in [2.45, 2.75) is 6.92 Å². The van der Waals surface area contributed by atoms with Crippen LogP contribution in [0.3, 0.4) is 0 Å². The summed E-state index contributed by atoms with van der Waals surface area (Å²) < 4.78 is 36.1. The molecule has 0 spiro atoms. The molecule has 0 radical (unpaired) electrons. The van der Waals surface area contributed by atoms with Gasteiger partial charge >= 0.3 is 19.5 Å². The minimum Gasteiger partial charge on any atom is -0.505 e. The van der Waals surface area contributed by atoms with E-state index in [1.807, 2.05) is 0 Å². The van der Waals surface area contributed by atoms with Crippen molar-refractivity contribution in [3.8, 4) is 23.0 Å². The average molecular weight is 1040 g/mol. The summed E-state index contributed by atoms with van der Waals surface area (Å²) in [6.45, 7) is 3.07. The largest absolute Gasteiger partial charge is 0.505 e. The van der Waals surface area contributed by atoms with Gasteiger partial charge in [-0.15, -0.1) is 0 Å². The van der Waals surface area contributed by atoms with E-state index in [2.05, 4.69) is 34.9 Å². The predicted octanol–water partition coefficient (Wildman–Crippen LogP) is 13.4. The smallest absolute Gasteiger partial charge is 0.352 e. The first-order valence-corrected chi connectivity index (χ1v) is 23.4. The van der Waals surface area contributed by atoms with Crippen LogP contribution >= 0.6 is 108 Å². The lowest BCUT2D eigenvalue weighted by Crippen LogP contribution is -2.14. The van der Waals surface area contributed by atoms with Gasteiger partial charge in [0.25, 0.3) is 7.44 Å². The molecule has 0 saturated heterocycles. The van der Waals surface area contributed by atoms with Crippen LogP contribution in [0.1, 0.15) is 26.3 Å².